The van der Waals surface area contributed by atoms with Crippen LogP contribution < -0.4 is 10.6 Å². The normalized spacial score (nSPS) is 14.0. The van der Waals surface area contributed by atoms with Gasteiger partial charge in [-0.15, -0.1) is 0 Å². The molecule has 3 N–H and O–H groups in total. The molecule has 0 saturated carbocycles. The van der Waals surface area contributed by atoms with Gasteiger partial charge in [0.15, 0.2) is 0 Å². The van der Waals surface area contributed by atoms with Gasteiger partial charge in [0.25, 0.3) is 7.37 Å². The monoisotopic (exact) mass is 474 g/mol. The van der Waals surface area contributed by atoms with Crippen LogP contribution in [-0.2, 0) is 26.2 Å². The molecule has 0 amide bonds. The first-order chi connectivity index (χ1) is 14.5. The predicted octanol–water partition coefficient (Wildman–Crippen LogP) is 6.51. The molecular formula is C28H43O4P. The third kappa shape index (κ3) is 5.49. The highest BCUT2D eigenvalue weighted by Gasteiger charge is 2.35. The molecule has 0 aliphatic heterocycles. The zero-order chi connectivity index (χ0) is 25.9. The van der Waals surface area contributed by atoms with E-state index in [1.54, 1.807) is 24.3 Å². The number of rotatable bonds is 2. The Balaban J connectivity index is 2.97. The van der Waals surface area contributed by atoms with E-state index < -0.39 is 29.0 Å². The highest BCUT2D eigenvalue weighted by molar-refractivity contribution is 7.73. The molecule has 0 spiro atoms. The van der Waals surface area contributed by atoms with Gasteiger partial charge in [0.1, 0.15) is 11.5 Å². The number of aromatic hydroxyl groups is 2. The lowest BCUT2D eigenvalue weighted by Crippen LogP contribution is -2.26. The third-order valence-corrected chi connectivity index (χ3v) is 8.04. The van der Waals surface area contributed by atoms with E-state index in [1.807, 2.05) is 83.1 Å². The van der Waals surface area contributed by atoms with Crippen LogP contribution >= 0.6 is 7.37 Å². The molecule has 0 bridgehead atoms. The van der Waals surface area contributed by atoms with Crippen LogP contribution in [0.2, 0.25) is 0 Å². The molecule has 2 rings (SSSR count). The van der Waals surface area contributed by atoms with Gasteiger partial charge in [-0.2, -0.15) is 0 Å². The Bertz CT molecular complexity index is 945. The number of phenols is 2. The van der Waals surface area contributed by atoms with Crippen molar-refractivity contribution in [2.45, 2.75) is 105 Å². The summed E-state index contributed by atoms with van der Waals surface area (Å²) >= 11 is 0. The molecule has 184 valence electrons. The van der Waals surface area contributed by atoms with Gasteiger partial charge in [0.2, 0.25) is 0 Å². The van der Waals surface area contributed by atoms with E-state index in [0.29, 0.717) is 32.9 Å². The second-order valence-electron chi connectivity index (χ2n) is 13.4. The van der Waals surface area contributed by atoms with E-state index in [1.165, 1.54) is 0 Å². The van der Waals surface area contributed by atoms with Crippen LogP contribution in [0.5, 0.6) is 11.5 Å². The number of hydrogen-bond acceptors (Lipinski definition) is 3. The smallest absolute Gasteiger partial charge is 0.258 e. The maximum Gasteiger partial charge on any atom is 0.258 e. The molecule has 5 heteroatoms. The first kappa shape index (κ1) is 27.5. The fraction of sp³-hybridized carbons (Fsp3) is 0.571. The van der Waals surface area contributed by atoms with Crippen molar-refractivity contribution in [1.29, 1.82) is 0 Å². The predicted molar refractivity (Wildman–Crippen MR) is 140 cm³/mol. The first-order valence-electron chi connectivity index (χ1n) is 11.6. The summed E-state index contributed by atoms with van der Waals surface area (Å²) in [6.45, 7) is 23.8. The molecule has 0 aliphatic rings. The van der Waals surface area contributed by atoms with Crippen LogP contribution in [0.15, 0.2) is 24.3 Å². The van der Waals surface area contributed by atoms with Crippen LogP contribution in [0, 0.1) is 0 Å². The Kier molecular flexibility index (Phi) is 6.80. The van der Waals surface area contributed by atoms with Crippen molar-refractivity contribution in [2.24, 2.45) is 0 Å². The maximum absolute atomic E-state index is 14.1. The summed E-state index contributed by atoms with van der Waals surface area (Å²) in [5.74, 6) is 0.352. The zero-order valence-electron chi connectivity index (χ0n) is 22.5. The Morgan fingerprint density at radius 3 is 0.848 bits per heavy atom. The topological polar surface area (TPSA) is 77.8 Å². The summed E-state index contributed by atoms with van der Waals surface area (Å²) in [6.07, 6.45) is 0. The van der Waals surface area contributed by atoms with E-state index in [0.717, 1.165) is 0 Å². The van der Waals surface area contributed by atoms with Crippen molar-refractivity contribution < 1.29 is 19.7 Å². The van der Waals surface area contributed by atoms with E-state index in [-0.39, 0.29) is 11.5 Å². The Hall–Kier alpha value is -1.77. The molecule has 0 aliphatic carbocycles. The van der Waals surface area contributed by atoms with Gasteiger partial charge in [-0.25, -0.2) is 0 Å². The molecule has 0 atom stereocenters. The summed E-state index contributed by atoms with van der Waals surface area (Å²) in [7, 11) is -4.05. The standard InChI is InChI=1S/C28H43O4P/c1-25(2,3)19-13-17(14-20(23(19)29)26(4,5)6)33(31,32)18-15-21(27(7,8)9)24(30)22(16-18)28(10,11)12/h13-16,29-30H,1-12H3,(H,31,32). The maximum atomic E-state index is 14.1. The minimum absolute atomic E-state index is 0.176. The van der Waals surface area contributed by atoms with Gasteiger partial charge in [-0.3, -0.25) is 4.57 Å². The van der Waals surface area contributed by atoms with E-state index in [2.05, 4.69) is 0 Å². The average Bonchev–Trinajstić information content (AvgIpc) is 2.57. The summed E-state index contributed by atoms with van der Waals surface area (Å²) in [4.78, 5) is 11.6. The highest BCUT2D eigenvalue weighted by atomic mass is 31.2. The van der Waals surface area contributed by atoms with Crippen LogP contribution in [0.3, 0.4) is 0 Å². The lowest BCUT2D eigenvalue weighted by atomic mass is 9.79. The summed E-state index contributed by atoms with van der Waals surface area (Å²) < 4.78 is 14.1. The molecule has 4 nitrogen and oxygen atoms in total. The molecule has 0 saturated heterocycles. The number of hydrogen-bond donors (Lipinski definition) is 3. The van der Waals surface area contributed by atoms with Crippen molar-refractivity contribution in [3.05, 3.63) is 46.5 Å². The van der Waals surface area contributed by atoms with Gasteiger partial charge in [0.05, 0.1) is 0 Å². The molecule has 33 heavy (non-hydrogen) atoms. The number of phenolic OH excluding ortho intramolecular Hbond substituents is 2. The van der Waals surface area contributed by atoms with Crippen molar-refractivity contribution in [3.8, 4) is 11.5 Å². The van der Waals surface area contributed by atoms with Crippen molar-refractivity contribution in [2.75, 3.05) is 0 Å². The van der Waals surface area contributed by atoms with Crippen molar-refractivity contribution in [3.63, 3.8) is 0 Å². The highest BCUT2D eigenvalue weighted by Crippen LogP contribution is 2.47. The minimum Gasteiger partial charge on any atom is -0.507 e. The molecule has 0 aromatic heterocycles. The van der Waals surface area contributed by atoms with Gasteiger partial charge in [0, 0.05) is 32.9 Å². The Labute approximate surface area is 200 Å². The molecule has 2 aromatic rings. The Morgan fingerprint density at radius 2 is 0.697 bits per heavy atom. The Morgan fingerprint density at radius 1 is 0.515 bits per heavy atom. The second-order valence-corrected chi connectivity index (χ2v) is 15.5. The molecule has 0 heterocycles. The van der Waals surface area contributed by atoms with Crippen LogP contribution in [0.4, 0.5) is 0 Å². The minimum atomic E-state index is -4.05. The van der Waals surface area contributed by atoms with E-state index in [9.17, 15) is 19.7 Å². The van der Waals surface area contributed by atoms with Crippen LogP contribution in [-0.4, -0.2) is 15.1 Å². The van der Waals surface area contributed by atoms with Gasteiger partial charge >= 0.3 is 0 Å². The quantitative estimate of drug-likeness (QED) is 0.434. The lowest BCUT2D eigenvalue weighted by Gasteiger charge is -2.30. The van der Waals surface area contributed by atoms with Crippen molar-refractivity contribution in [1.82, 2.24) is 0 Å². The zero-order valence-corrected chi connectivity index (χ0v) is 23.4. The van der Waals surface area contributed by atoms with E-state index in [4.69, 9.17) is 0 Å². The fourth-order valence-electron chi connectivity index (χ4n) is 4.02. The first-order valence-corrected chi connectivity index (χ1v) is 13.2. The molecule has 2 aromatic carbocycles. The lowest BCUT2D eigenvalue weighted by molar-refractivity contribution is 0.423. The summed E-state index contributed by atoms with van der Waals surface area (Å²) in [6, 6.07) is 6.69. The van der Waals surface area contributed by atoms with E-state index >= 15 is 0 Å². The molecule has 0 radical (unpaired) electrons. The summed E-state index contributed by atoms with van der Waals surface area (Å²) in [5.41, 5.74) is 0.916. The van der Waals surface area contributed by atoms with Gasteiger partial charge < -0.3 is 15.1 Å². The molecule has 0 fully saturated rings. The van der Waals surface area contributed by atoms with Crippen molar-refractivity contribution >= 4 is 18.0 Å². The molecular weight excluding hydrogens is 431 g/mol. The van der Waals surface area contributed by atoms with Gasteiger partial charge in [-0.1, -0.05) is 83.1 Å². The second kappa shape index (κ2) is 8.17. The van der Waals surface area contributed by atoms with Gasteiger partial charge in [-0.05, 0) is 45.9 Å². The number of benzene rings is 2. The fourth-order valence-corrected chi connectivity index (χ4v) is 5.54. The third-order valence-electron chi connectivity index (χ3n) is 6.12. The SMILES string of the molecule is CC(C)(C)c1cc(P(=O)(O)c2cc(C(C)(C)C)c(O)c(C(C)(C)C)c2)cc(C(C)(C)C)c1O. The average molecular weight is 475 g/mol. The van der Waals surface area contributed by atoms with Crippen LogP contribution in [0.25, 0.3) is 0 Å². The van der Waals surface area contributed by atoms with Crippen LogP contribution in [0.1, 0.15) is 105 Å². The largest absolute Gasteiger partial charge is 0.507 e. The summed E-state index contributed by atoms with van der Waals surface area (Å²) in [5, 5.41) is 22.7. The molecule has 0 unspecified atom stereocenters.